The smallest absolute Gasteiger partial charge is 0.352 e. The number of anilines is 1. The predicted molar refractivity (Wildman–Crippen MR) is 109 cm³/mol. The first-order valence-electron chi connectivity index (χ1n) is 9.26. The van der Waals surface area contributed by atoms with Crippen LogP contribution in [-0.2, 0) is 16.4 Å². The molecule has 7 nitrogen and oxygen atoms in total. The number of aromatic nitrogens is 4. The van der Waals surface area contributed by atoms with Gasteiger partial charge in [-0.15, -0.1) is 5.10 Å². The number of aromatic amines is 1. The van der Waals surface area contributed by atoms with E-state index in [4.69, 9.17) is 11.6 Å². The zero-order valence-electron chi connectivity index (χ0n) is 16.8. The Kier molecular flexibility index (Phi) is 6.51. The van der Waals surface area contributed by atoms with Crippen LogP contribution in [-0.4, -0.2) is 62.9 Å². The standard InChI is InChI=1S/C18H22ClF3N6OS/c1-17(2,3)15-24-16(26-25-15)30-10-13(29)27-4-6-28(7-5-27)14-12(19)8-11(9-23-14)18(20,21)22/h8-9H,4-7,10H2,1-3H3,(H,24,25,26). The molecule has 0 saturated carbocycles. The highest BCUT2D eigenvalue weighted by Crippen LogP contribution is 2.33. The monoisotopic (exact) mass is 462 g/mol. The third kappa shape index (κ3) is 5.37. The van der Waals surface area contributed by atoms with Crippen molar-refractivity contribution in [3.05, 3.63) is 28.7 Å². The number of amides is 1. The molecule has 0 aromatic carbocycles. The van der Waals surface area contributed by atoms with Gasteiger partial charge in [-0.2, -0.15) is 13.2 Å². The number of H-pyrrole nitrogens is 1. The van der Waals surface area contributed by atoms with Gasteiger partial charge in [-0.3, -0.25) is 9.89 Å². The van der Waals surface area contributed by atoms with E-state index in [9.17, 15) is 18.0 Å². The molecule has 12 heteroatoms. The highest BCUT2D eigenvalue weighted by Gasteiger charge is 2.32. The van der Waals surface area contributed by atoms with Crippen LogP contribution < -0.4 is 4.90 Å². The maximum Gasteiger partial charge on any atom is 0.417 e. The van der Waals surface area contributed by atoms with Crippen LogP contribution in [0.15, 0.2) is 17.4 Å². The van der Waals surface area contributed by atoms with Crippen molar-refractivity contribution in [1.82, 2.24) is 25.1 Å². The van der Waals surface area contributed by atoms with E-state index in [0.717, 1.165) is 18.1 Å². The quantitative estimate of drug-likeness (QED) is 0.699. The van der Waals surface area contributed by atoms with E-state index in [1.807, 2.05) is 20.8 Å². The Morgan fingerprint density at radius 2 is 1.90 bits per heavy atom. The van der Waals surface area contributed by atoms with Gasteiger partial charge in [0.25, 0.3) is 0 Å². The molecule has 2 aromatic rings. The van der Waals surface area contributed by atoms with E-state index in [1.165, 1.54) is 11.8 Å². The lowest BCUT2D eigenvalue weighted by atomic mass is 9.96. The maximum atomic E-state index is 12.8. The van der Waals surface area contributed by atoms with Gasteiger partial charge < -0.3 is 9.80 Å². The first-order chi connectivity index (χ1) is 13.9. The number of hydrogen-bond donors (Lipinski definition) is 1. The van der Waals surface area contributed by atoms with Crippen LogP contribution in [0.1, 0.15) is 32.2 Å². The average molecular weight is 463 g/mol. The van der Waals surface area contributed by atoms with Gasteiger partial charge in [0, 0.05) is 37.8 Å². The highest BCUT2D eigenvalue weighted by molar-refractivity contribution is 7.99. The molecule has 1 aliphatic heterocycles. The summed E-state index contributed by atoms with van der Waals surface area (Å²) in [5, 5.41) is 7.48. The Balaban J connectivity index is 1.53. The molecule has 2 aromatic heterocycles. The van der Waals surface area contributed by atoms with E-state index in [-0.39, 0.29) is 22.1 Å². The molecule has 0 bridgehead atoms. The molecule has 0 atom stereocenters. The summed E-state index contributed by atoms with van der Waals surface area (Å²) in [5.41, 5.74) is -1.04. The molecular formula is C18H22ClF3N6OS. The van der Waals surface area contributed by atoms with Gasteiger partial charge in [0.1, 0.15) is 11.6 Å². The number of hydrogen-bond acceptors (Lipinski definition) is 6. The second-order valence-corrected chi connectivity index (χ2v) is 9.25. The molecule has 1 saturated heterocycles. The SMILES string of the molecule is CC(C)(C)c1nc(SCC(=O)N2CCN(c3ncc(C(F)(F)F)cc3Cl)CC2)n[nH]1. The lowest BCUT2D eigenvalue weighted by Gasteiger charge is -2.35. The van der Waals surface area contributed by atoms with Gasteiger partial charge in [-0.1, -0.05) is 44.1 Å². The number of pyridine rings is 1. The van der Waals surface area contributed by atoms with Crippen molar-refractivity contribution in [3.8, 4) is 0 Å². The summed E-state index contributed by atoms with van der Waals surface area (Å²) < 4.78 is 38.3. The minimum atomic E-state index is -4.49. The number of nitrogens with one attached hydrogen (secondary N) is 1. The molecule has 164 valence electrons. The Morgan fingerprint density at radius 3 is 2.43 bits per heavy atom. The first kappa shape index (κ1) is 22.7. The van der Waals surface area contributed by atoms with Gasteiger partial charge >= 0.3 is 6.18 Å². The molecular weight excluding hydrogens is 441 g/mol. The number of halogens is 4. The minimum absolute atomic E-state index is 0.0479. The molecule has 0 unspecified atom stereocenters. The predicted octanol–water partition coefficient (Wildman–Crippen LogP) is 3.61. The summed E-state index contributed by atoms with van der Waals surface area (Å²) in [6.07, 6.45) is -3.72. The lowest BCUT2D eigenvalue weighted by molar-refractivity contribution is -0.137. The normalized spacial score (nSPS) is 15.6. The van der Waals surface area contributed by atoms with E-state index < -0.39 is 11.7 Å². The zero-order chi connectivity index (χ0) is 22.1. The molecule has 1 fully saturated rings. The van der Waals surface area contributed by atoms with Crippen molar-refractivity contribution >= 4 is 35.1 Å². The summed E-state index contributed by atoms with van der Waals surface area (Å²) in [4.78, 5) is 24.3. The van der Waals surface area contributed by atoms with Gasteiger partial charge in [0.2, 0.25) is 11.1 Å². The van der Waals surface area contributed by atoms with Crippen molar-refractivity contribution in [2.24, 2.45) is 0 Å². The third-order valence-electron chi connectivity index (χ3n) is 4.58. The summed E-state index contributed by atoms with van der Waals surface area (Å²) in [6, 6.07) is 0.876. The second kappa shape index (κ2) is 8.62. The number of rotatable bonds is 4. The molecule has 3 heterocycles. The molecule has 1 N–H and O–H groups in total. The van der Waals surface area contributed by atoms with Crippen LogP contribution in [0.5, 0.6) is 0 Å². The van der Waals surface area contributed by atoms with Crippen molar-refractivity contribution in [3.63, 3.8) is 0 Å². The van der Waals surface area contributed by atoms with E-state index >= 15 is 0 Å². The summed E-state index contributed by atoms with van der Waals surface area (Å²) in [6.45, 7) is 7.78. The largest absolute Gasteiger partial charge is 0.417 e. The maximum absolute atomic E-state index is 12.8. The molecule has 1 amide bonds. The Bertz CT molecular complexity index is 906. The summed E-state index contributed by atoms with van der Waals surface area (Å²) in [7, 11) is 0. The van der Waals surface area contributed by atoms with Crippen molar-refractivity contribution in [2.45, 2.75) is 37.5 Å². The fourth-order valence-electron chi connectivity index (χ4n) is 2.85. The Labute approximate surface area is 181 Å². The Morgan fingerprint density at radius 1 is 1.23 bits per heavy atom. The number of thioether (sulfide) groups is 1. The van der Waals surface area contributed by atoms with Crippen LogP contribution in [0.4, 0.5) is 19.0 Å². The van der Waals surface area contributed by atoms with E-state index in [2.05, 4.69) is 20.2 Å². The number of nitrogens with zero attached hydrogens (tertiary/aromatic N) is 5. The van der Waals surface area contributed by atoms with E-state index in [1.54, 1.807) is 9.80 Å². The Hall–Kier alpha value is -2.01. The van der Waals surface area contributed by atoms with Crippen LogP contribution in [0, 0.1) is 0 Å². The number of alkyl halides is 3. The molecule has 3 rings (SSSR count). The minimum Gasteiger partial charge on any atom is -0.352 e. The van der Waals surface area contributed by atoms with Crippen LogP contribution in [0.2, 0.25) is 5.02 Å². The molecule has 0 radical (unpaired) electrons. The summed E-state index contributed by atoms with van der Waals surface area (Å²) in [5.74, 6) is 1.21. The van der Waals surface area contributed by atoms with Gasteiger partial charge in [-0.25, -0.2) is 9.97 Å². The van der Waals surface area contributed by atoms with Crippen LogP contribution in [0.3, 0.4) is 0 Å². The fraction of sp³-hybridized carbons (Fsp3) is 0.556. The number of carbonyl (C=O) groups is 1. The average Bonchev–Trinajstić information content (AvgIpc) is 3.15. The van der Waals surface area contributed by atoms with Gasteiger partial charge in [-0.05, 0) is 6.07 Å². The number of piperazine rings is 1. The lowest BCUT2D eigenvalue weighted by Crippen LogP contribution is -2.49. The molecule has 1 aliphatic rings. The van der Waals surface area contributed by atoms with E-state index in [0.29, 0.717) is 37.2 Å². The first-order valence-corrected chi connectivity index (χ1v) is 10.6. The fourth-order valence-corrected chi connectivity index (χ4v) is 3.84. The van der Waals surface area contributed by atoms with Crippen molar-refractivity contribution in [2.75, 3.05) is 36.8 Å². The van der Waals surface area contributed by atoms with Crippen LogP contribution in [0.25, 0.3) is 0 Å². The topological polar surface area (TPSA) is 78.0 Å². The summed E-state index contributed by atoms with van der Waals surface area (Å²) >= 11 is 7.28. The number of carbonyl (C=O) groups excluding carboxylic acids is 1. The third-order valence-corrected chi connectivity index (χ3v) is 5.69. The molecule has 0 aliphatic carbocycles. The van der Waals surface area contributed by atoms with Gasteiger partial charge in [0.15, 0.2) is 0 Å². The second-order valence-electron chi connectivity index (χ2n) is 7.90. The highest BCUT2D eigenvalue weighted by atomic mass is 35.5. The van der Waals surface area contributed by atoms with Crippen molar-refractivity contribution < 1.29 is 18.0 Å². The van der Waals surface area contributed by atoms with Crippen molar-refractivity contribution in [1.29, 1.82) is 0 Å². The van der Waals surface area contributed by atoms with Gasteiger partial charge in [0.05, 0.1) is 16.3 Å². The zero-order valence-corrected chi connectivity index (χ0v) is 18.3. The molecule has 30 heavy (non-hydrogen) atoms. The van der Waals surface area contributed by atoms with Crippen LogP contribution >= 0.6 is 23.4 Å². The molecule has 0 spiro atoms.